The Morgan fingerprint density at radius 2 is 2.05 bits per heavy atom. The normalized spacial score (nSPS) is 29.2. The number of carbonyl (C=O) groups excluding carboxylic acids is 1. The summed E-state index contributed by atoms with van der Waals surface area (Å²) in [5, 5.41) is 6.64. The molecule has 2 N–H and O–H groups in total. The minimum Gasteiger partial charge on any atom is -0.353 e. The van der Waals surface area contributed by atoms with Gasteiger partial charge in [-0.2, -0.15) is 0 Å². The van der Waals surface area contributed by atoms with Gasteiger partial charge < -0.3 is 10.6 Å². The van der Waals surface area contributed by atoms with Gasteiger partial charge in [0.25, 0.3) is 0 Å². The van der Waals surface area contributed by atoms with Crippen molar-refractivity contribution in [1.82, 2.24) is 10.6 Å². The molecule has 2 saturated heterocycles. The van der Waals surface area contributed by atoms with Gasteiger partial charge in [0.05, 0.1) is 6.42 Å². The van der Waals surface area contributed by atoms with E-state index in [-0.39, 0.29) is 24.2 Å². The van der Waals surface area contributed by atoms with Gasteiger partial charge in [0, 0.05) is 18.1 Å². The third-order valence-electron chi connectivity index (χ3n) is 4.09. The number of nitrogens with one attached hydrogen (secondary N) is 2. The molecular formula is C15H19FN2O. The van der Waals surface area contributed by atoms with Crippen molar-refractivity contribution in [3.63, 3.8) is 0 Å². The molecule has 102 valence electrons. The largest absolute Gasteiger partial charge is 0.353 e. The summed E-state index contributed by atoms with van der Waals surface area (Å²) in [6.45, 7) is 0. The van der Waals surface area contributed by atoms with Crippen LogP contribution in [0.2, 0.25) is 0 Å². The van der Waals surface area contributed by atoms with Crippen LogP contribution in [-0.2, 0) is 11.2 Å². The molecule has 3 nitrogen and oxygen atoms in total. The number of carbonyl (C=O) groups is 1. The molecule has 1 aromatic carbocycles. The highest BCUT2D eigenvalue weighted by molar-refractivity contribution is 5.78. The number of amides is 1. The van der Waals surface area contributed by atoms with Crippen LogP contribution in [0, 0.1) is 5.82 Å². The number of benzene rings is 1. The molecule has 2 bridgehead atoms. The topological polar surface area (TPSA) is 41.1 Å². The third-order valence-corrected chi connectivity index (χ3v) is 4.09. The average Bonchev–Trinajstić information content (AvgIpc) is 2.68. The lowest BCUT2D eigenvalue weighted by atomic mass is 9.99. The Kier molecular flexibility index (Phi) is 3.51. The number of rotatable bonds is 3. The van der Waals surface area contributed by atoms with E-state index in [0.29, 0.717) is 12.1 Å². The molecule has 2 aliphatic rings. The van der Waals surface area contributed by atoms with E-state index in [9.17, 15) is 9.18 Å². The lowest BCUT2D eigenvalue weighted by Gasteiger charge is -2.29. The minimum atomic E-state index is -0.287. The molecule has 19 heavy (non-hydrogen) atoms. The number of piperidine rings is 1. The number of fused-ring (bicyclic) bond motifs is 2. The molecule has 1 amide bonds. The van der Waals surface area contributed by atoms with Crippen molar-refractivity contribution in [2.45, 2.75) is 50.2 Å². The summed E-state index contributed by atoms with van der Waals surface area (Å²) in [4.78, 5) is 12.0. The van der Waals surface area contributed by atoms with E-state index >= 15 is 0 Å². The van der Waals surface area contributed by atoms with E-state index in [0.717, 1.165) is 18.4 Å². The van der Waals surface area contributed by atoms with Crippen molar-refractivity contribution in [2.75, 3.05) is 0 Å². The standard InChI is InChI=1S/C15H19FN2O/c16-11-3-1-2-10(6-11)7-15(19)18-14-8-12-4-5-13(9-14)17-12/h1-3,6,12-14,17H,4-5,7-9H2,(H,18,19). The van der Waals surface area contributed by atoms with Gasteiger partial charge in [-0.15, -0.1) is 0 Å². The molecule has 3 rings (SSSR count). The number of halogens is 1. The highest BCUT2D eigenvalue weighted by Gasteiger charge is 2.33. The fourth-order valence-corrected chi connectivity index (χ4v) is 3.29. The van der Waals surface area contributed by atoms with Crippen molar-refractivity contribution in [1.29, 1.82) is 0 Å². The van der Waals surface area contributed by atoms with Crippen LogP contribution in [0.1, 0.15) is 31.2 Å². The zero-order valence-corrected chi connectivity index (χ0v) is 10.9. The van der Waals surface area contributed by atoms with Gasteiger partial charge >= 0.3 is 0 Å². The second-order valence-electron chi connectivity index (χ2n) is 5.68. The van der Waals surface area contributed by atoms with Gasteiger partial charge in [-0.3, -0.25) is 4.79 Å². The molecule has 2 aliphatic heterocycles. The van der Waals surface area contributed by atoms with E-state index in [1.54, 1.807) is 12.1 Å². The van der Waals surface area contributed by atoms with Crippen molar-refractivity contribution >= 4 is 5.91 Å². The van der Waals surface area contributed by atoms with Gasteiger partial charge in [0.1, 0.15) is 5.82 Å². The smallest absolute Gasteiger partial charge is 0.224 e. The Bertz CT molecular complexity index is 465. The first-order valence-electron chi connectivity index (χ1n) is 6.99. The third kappa shape index (κ3) is 3.13. The van der Waals surface area contributed by atoms with E-state index in [1.807, 2.05) is 0 Å². The summed E-state index contributed by atoms with van der Waals surface area (Å²) in [7, 11) is 0. The summed E-state index contributed by atoms with van der Waals surface area (Å²) in [5.74, 6) is -0.290. The van der Waals surface area contributed by atoms with Crippen LogP contribution in [0.15, 0.2) is 24.3 Å². The Balaban J connectivity index is 1.54. The Morgan fingerprint density at radius 3 is 2.74 bits per heavy atom. The zero-order chi connectivity index (χ0) is 13.2. The highest BCUT2D eigenvalue weighted by atomic mass is 19.1. The maximum Gasteiger partial charge on any atom is 0.224 e. The first-order valence-corrected chi connectivity index (χ1v) is 6.99. The van der Waals surface area contributed by atoms with Gasteiger partial charge in [-0.25, -0.2) is 4.39 Å². The van der Waals surface area contributed by atoms with Gasteiger partial charge in [0.15, 0.2) is 0 Å². The monoisotopic (exact) mass is 262 g/mol. The second-order valence-corrected chi connectivity index (χ2v) is 5.68. The van der Waals surface area contributed by atoms with Crippen LogP contribution in [0.4, 0.5) is 4.39 Å². The molecule has 2 atom stereocenters. The number of hydrogen-bond acceptors (Lipinski definition) is 2. The Morgan fingerprint density at radius 1 is 1.32 bits per heavy atom. The molecular weight excluding hydrogens is 243 g/mol. The first-order chi connectivity index (χ1) is 9.19. The predicted molar refractivity (Wildman–Crippen MR) is 71.2 cm³/mol. The average molecular weight is 262 g/mol. The van der Waals surface area contributed by atoms with Crippen LogP contribution < -0.4 is 10.6 Å². The van der Waals surface area contributed by atoms with Crippen LogP contribution in [-0.4, -0.2) is 24.0 Å². The fraction of sp³-hybridized carbons (Fsp3) is 0.533. The number of hydrogen-bond donors (Lipinski definition) is 2. The predicted octanol–water partition coefficient (Wildman–Crippen LogP) is 1.77. The SMILES string of the molecule is O=C(Cc1cccc(F)c1)NC1CC2CCC(C1)N2. The maximum absolute atomic E-state index is 13.0. The molecule has 0 aromatic heterocycles. The molecule has 0 saturated carbocycles. The molecule has 2 unspecified atom stereocenters. The Labute approximate surface area is 112 Å². The van der Waals surface area contributed by atoms with Crippen LogP contribution in [0.3, 0.4) is 0 Å². The van der Waals surface area contributed by atoms with Crippen LogP contribution in [0.25, 0.3) is 0 Å². The minimum absolute atomic E-state index is 0.00287. The van der Waals surface area contributed by atoms with E-state index in [4.69, 9.17) is 0 Å². The lowest BCUT2D eigenvalue weighted by Crippen LogP contribution is -2.48. The molecule has 0 radical (unpaired) electrons. The van der Waals surface area contributed by atoms with Crippen LogP contribution in [0.5, 0.6) is 0 Å². The maximum atomic E-state index is 13.0. The Hall–Kier alpha value is -1.42. The molecule has 0 aliphatic carbocycles. The van der Waals surface area contributed by atoms with Crippen molar-refractivity contribution in [3.05, 3.63) is 35.6 Å². The molecule has 1 aromatic rings. The van der Waals surface area contributed by atoms with Crippen molar-refractivity contribution < 1.29 is 9.18 Å². The zero-order valence-electron chi connectivity index (χ0n) is 10.9. The molecule has 0 spiro atoms. The fourth-order valence-electron chi connectivity index (χ4n) is 3.29. The summed E-state index contributed by atoms with van der Waals surface area (Å²) >= 11 is 0. The summed E-state index contributed by atoms with van der Waals surface area (Å²) in [6.07, 6.45) is 4.75. The molecule has 2 heterocycles. The van der Waals surface area contributed by atoms with Crippen molar-refractivity contribution in [3.8, 4) is 0 Å². The van der Waals surface area contributed by atoms with Gasteiger partial charge in [-0.1, -0.05) is 12.1 Å². The van der Waals surface area contributed by atoms with E-state index in [2.05, 4.69) is 10.6 Å². The quantitative estimate of drug-likeness (QED) is 0.871. The first kappa shape index (κ1) is 12.6. The lowest BCUT2D eigenvalue weighted by molar-refractivity contribution is -0.121. The summed E-state index contributed by atoms with van der Waals surface area (Å²) in [5.41, 5.74) is 0.731. The van der Waals surface area contributed by atoms with E-state index < -0.39 is 0 Å². The van der Waals surface area contributed by atoms with Gasteiger partial charge in [0.2, 0.25) is 5.91 Å². The highest BCUT2D eigenvalue weighted by Crippen LogP contribution is 2.26. The molecule has 2 fully saturated rings. The summed E-state index contributed by atoms with van der Waals surface area (Å²) < 4.78 is 13.0. The molecule has 4 heteroatoms. The second kappa shape index (κ2) is 5.29. The summed E-state index contributed by atoms with van der Waals surface area (Å²) in [6, 6.07) is 7.66. The van der Waals surface area contributed by atoms with Gasteiger partial charge in [-0.05, 0) is 43.4 Å². The van der Waals surface area contributed by atoms with Crippen molar-refractivity contribution in [2.24, 2.45) is 0 Å². The van der Waals surface area contributed by atoms with E-state index in [1.165, 1.54) is 25.0 Å². The van der Waals surface area contributed by atoms with Crippen LogP contribution >= 0.6 is 0 Å².